The maximum absolute atomic E-state index is 12.4. The summed E-state index contributed by atoms with van der Waals surface area (Å²) in [4.78, 5) is 49.0. The molecule has 2 rings (SSSR count). The Labute approximate surface area is 216 Å². The van der Waals surface area contributed by atoms with Crippen LogP contribution in [-0.4, -0.2) is 67.2 Å². The van der Waals surface area contributed by atoms with E-state index >= 15 is 0 Å². The van der Waals surface area contributed by atoms with E-state index in [2.05, 4.69) is 21.3 Å². The summed E-state index contributed by atoms with van der Waals surface area (Å²) in [6.07, 6.45) is 0.498. The molecule has 2 aromatic rings. The molecule has 11 nitrogen and oxygen atoms in total. The molecule has 0 saturated heterocycles. The van der Waals surface area contributed by atoms with E-state index < -0.39 is 18.0 Å². The molecule has 5 N–H and O–H groups in total. The fraction of sp³-hybridized carbons (Fsp3) is 0.385. The van der Waals surface area contributed by atoms with Crippen LogP contribution in [0.25, 0.3) is 0 Å². The Bertz CT molecular complexity index is 1110. The van der Waals surface area contributed by atoms with Crippen molar-refractivity contribution in [2.45, 2.75) is 39.2 Å². The molecular weight excluding hydrogens is 478 g/mol. The molecule has 0 aliphatic carbocycles. The number of carboxylic acid groups (broad SMARTS) is 1. The molecule has 0 aromatic heterocycles. The average Bonchev–Trinajstić information content (AvgIpc) is 2.83. The van der Waals surface area contributed by atoms with Gasteiger partial charge in [0.05, 0.1) is 25.6 Å². The third-order valence-corrected chi connectivity index (χ3v) is 5.46. The first kappa shape index (κ1) is 29.0. The number of hydrogen-bond acceptors (Lipinski definition) is 5. The average molecular weight is 514 g/mol. The zero-order chi connectivity index (χ0) is 27.4. The SMILES string of the molecule is COc1cc(CC(=O)NCCCN(C)C(=O)NC(C)CC(=O)O)ccc1NC(=O)Nc1ccccc1C. The van der Waals surface area contributed by atoms with E-state index in [9.17, 15) is 19.2 Å². The lowest BCUT2D eigenvalue weighted by molar-refractivity contribution is -0.137. The summed E-state index contributed by atoms with van der Waals surface area (Å²) < 4.78 is 5.39. The second-order valence-electron chi connectivity index (χ2n) is 8.68. The number of nitrogens with zero attached hydrogens (tertiary/aromatic N) is 1. The molecule has 11 heteroatoms. The second-order valence-corrected chi connectivity index (χ2v) is 8.68. The molecule has 1 atom stereocenters. The molecule has 0 aliphatic heterocycles. The van der Waals surface area contributed by atoms with E-state index in [0.29, 0.717) is 42.2 Å². The van der Waals surface area contributed by atoms with Gasteiger partial charge in [-0.25, -0.2) is 9.59 Å². The van der Waals surface area contributed by atoms with Crippen molar-refractivity contribution < 1.29 is 29.0 Å². The number of rotatable bonds is 12. The maximum atomic E-state index is 12.4. The Morgan fingerprint density at radius 2 is 1.76 bits per heavy atom. The summed E-state index contributed by atoms with van der Waals surface area (Å²) in [6, 6.07) is 11.3. The van der Waals surface area contributed by atoms with Gasteiger partial charge in [-0.15, -0.1) is 0 Å². The van der Waals surface area contributed by atoms with Crippen molar-refractivity contribution in [2.75, 3.05) is 37.9 Å². The van der Waals surface area contributed by atoms with Crippen LogP contribution >= 0.6 is 0 Å². The molecule has 200 valence electrons. The monoisotopic (exact) mass is 513 g/mol. The first-order valence-electron chi connectivity index (χ1n) is 11.9. The van der Waals surface area contributed by atoms with Crippen LogP contribution in [0.4, 0.5) is 21.0 Å². The molecule has 1 unspecified atom stereocenters. The summed E-state index contributed by atoms with van der Waals surface area (Å²) in [5.74, 6) is -0.748. The Hall–Kier alpha value is -4.28. The molecule has 5 amide bonds. The highest BCUT2D eigenvalue weighted by Gasteiger charge is 2.15. The first-order valence-corrected chi connectivity index (χ1v) is 11.9. The molecule has 0 saturated carbocycles. The van der Waals surface area contributed by atoms with Gasteiger partial charge in [0, 0.05) is 31.9 Å². The lowest BCUT2D eigenvalue weighted by Crippen LogP contribution is -2.43. The molecule has 0 aliphatic rings. The predicted octanol–water partition coefficient (Wildman–Crippen LogP) is 3.20. The zero-order valence-corrected chi connectivity index (χ0v) is 21.6. The van der Waals surface area contributed by atoms with Crippen molar-refractivity contribution in [1.82, 2.24) is 15.5 Å². The van der Waals surface area contributed by atoms with E-state index in [0.717, 1.165) is 5.56 Å². The van der Waals surface area contributed by atoms with Crippen molar-refractivity contribution in [3.05, 3.63) is 53.6 Å². The highest BCUT2D eigenvalue weighted by Crippen LogP contribution is 2.26. The number of ether oxygens (including phenoxy) is 1. The number of benzene rings is 2. The van der Waals surface area contributed by atoms with Gasteiger partial charge in [0.2, 0.25) is 5.91 Å². The van der Waals surface area contributed by atoms with Gasteiger partial charge in [0.1, 0.15) is 5.75 Å². The van der Waals surface area contributed by atoms with E-state index in [4.69, 9.17) is 9.84 Å². The van der Waals surface area contributed by atoms with Crippen LogP contribution in [-0.2, 0) is 16.0 Å². The minimum absolute atomic E-state index is 0.120. The van der Waals surface area contributed by atoms with Crippen molar-refractivity contribution in [1.29, 1.82) is 0 Å². The lowest BCUT2D eigenvalue weighted by Gasteiger charge is -2.20. The van der Waals surface area contributed by atoms with Crippen LogP contribution in [0.5, 0.6) is 5.75 Å². The Balaban J connectivity index is 1.79. The topological polar surface area (TPSA) is 149 Å². The van der Waals surface area contributed by atoms with Gasteiger partial charge in [-0.2, -0.15) is 0 Å². The number of urea groups is 2. The molecule has 0 radical (unpaired) electrons. The lowest BCUT2D eigenvalue weighted by atomic mass is 10.1. The summed E-state index contributed by atoms with van der Waals surface area (Å²) in [5, 5.41) is 19.7. The van der Waals surface area contributed by atoms with Gasteiger partial charge in [0.15, 0.2) is 0 Å². The Morgan fingerprint density at radius 1 is 1.05 bits per heavy atom. The number of carboxylic acids is 1. The van der Waals surface area contributed by atoms with Gasteiger partial charge >= 0.3 is 18.0 Å². The zero-order valence-electron chi connectivity index (χ0n) is 21.6. The first-order chi connectivity index (χ1) is 17.6. The van der Waals surface area contributed by atoms with Gasteiger partial charge in [0.25, 0.3) is 0 Å². The number of aryl methyl sites for hydroxylation is 1. The quantitative estimate of drug-likeness (QED) is 0.275. The fourth-order valence-electron chi connectivity index (χ4n) is 3.47. The van der Waals surface area contributed by atoms with Crippen LogP contribution in [0.1, 0.15) is 30.9 Å². The van der Waals surface area contributed by atoms with E-state index in [1.54, 1.807) is 32.2 Å². The van der Waals surface area contributed by atoms with Crippen LogP contribution in [0.3, 0.4) is 0 Å². The largest absolute Gasteiger partial charge is 0.495 e. The Kier molecular flexibility index (Phi) is 11.2. The van der Waals surface area contributed by atoms with E-state index in [-0.39, 0.29) is 24.8 Å². The van der Waals surface area contributed by atoms with Crippen LogP contribution in [0, 0.1) is 6.92 Å². The predicted molar refractivity (Wildman–Crippen MR) is 141 cm³/mol. The maximum Gasteiger partial charge on any atom is 0.323 e. The summed E-state index contributed by atoms with van der Waals surface area (Å²) >= 11 is 0. The highest BCUT2D eigenvalue weighted by molar-refractivity contribution is 6.01. The minimum Gasteiger partial charge on any atom is -0.495 e. The number of carbonyl (C=O) groups is 4. The van der Waals surface area contributed by atoms with Gasteiger partial charge in [-0.3, -0.25) is 9.59 Å². The van der Waals surface area contributed by atoms with Gasteiger partial charge < -0.3 is 36.0 Å². The summed E-state index contributed by atoms with van der Waals surface area (Å²) in [7, 11) is 3.09. The van der Waals surface area contributed by atoms with Gasteiger partial charge in [-0.05, 0) is 49.6 Å². The van der Waals surface area contributed by atoms with Crippen LogP contribution in [0.2, 0.25) is 0 Å². The molecule has 37 heavy (non-hydrogen) atoms. The van der Waals surface area contributed by atoms with Crippen LogP contribution in [0.15, 0.2) is 42.5 Å². The number of methoxy groups -OCH3 is 1. The molecule has 0 heterocycles. The normalized spacial score (nSPS) is 11.1. The molecule has 0 fully saturated rings. The number of para-hydroxylation sites is 1. The summed E-state index contributed by atoms with van der Waals surface area (Å²) in [5.41, 5.74) is 2.82. The third-order valence-electron chi connectivity index (χ3n) is 5.46. The third kappa shape index (κ3) is 10.1. The minimum atomic E-state index is -0.981. The Morgan fingerprint density at radius 3 is 2.43 bits per heavy atom. The number of nitrogens with one attached hydrogen (secondary N) is 4. The summed E-state index contributed by atoms with van der Waals surface area (Å²) in [6.45, 7) is 4.29. The molecule has 2 aromatic carbocycles. The number of carbonyl (C=O) groups excluding carboxylic acids is 3. The molecule has 0 bridgehead atoms. The number of amides is 5. The van der Waals surface area contributed by atoms with Crippen molar-refractivity contribution in [3.8, 4) is 5.75 Å². The van der Waals surface area contributed by atoms with Crippen LogP contribution < -0.4 is 26.0 Å². The number of aliphatic carboxylic acids is 1. The molecular formula is C26H35N5O6. The molecule has 0 spiro atoms. The number of anilines is 2. The van der Waals surface area contributed by atoms with Gasteiger partial charge in [-0.1, -0.05) is 24.3 Å². The van der Waals surface area contributed by atoms with Crippen molar-refractivity contribution >= 4 is 35.3 Å². The van der Waals surface area contributed by atoms with E-state index in [1.165, 1.54) is 12.0 Å². The fourth-order valence-corrected chi connectivity index (χ4v) is 3.47. The second kappa shape index (κ2) is 14.3. The van der Waals surface area contributed by atoms with Crippen molar-refractivity contribution in [2.24, 2.45) is 0 Å². The highest BCUT2D eigenvalue weighted by atomic mass is 16.5. The van der Waals surface area contributed by atoms with E-state index in [1.807, 2.05) is 31.2 Å². The number of hydrogen-bond donors (Lipinski definition) is 5. The smallest absolute Gasteiger partial charge is 0.323 e. The standard InChI is InChI=1S/C26H35N5O6/c1-17-8-5-6-9-20(17)29-25(35)30-21-11-10-19(15-22(21)37-4)16-23(32)27-12-7-13-31(3)26(36)28-18(2)14-24(33)34/h5-6,8-11,15,18H,7,12-14,16H2,1-4H3,(H,27,32)(H,28,36)(H,33,34)(H2,29,30,35). The van der Waals surface area contributed by atoms with Crippen molar-refractivity contribution in [3.63, 3.8) is 0 Å².